The van der Waals surface area contributed by atoms with Gasteiger partial charge in [0.05, 0.1) is 0 Å². The molecule has 0 unspecified atom stereocenters. The summed E-state index contributed by atoms with van der Waals surface area (Å²) in [5.41, 5.74) is 6.75. The molecule has 0 amide bonds. The third kappa shape index (κ3) is 2.11. The molecule has 2 N–H and O–H groups in total. The lowest BCUT2D eigenvalue weighted by molar-refractivity contribution is 0.427. The first kappa shape index (κ1) is 10.4. The average Bonchev–Trinajstić information content (AvgIpc) is 2.27. The number of hydrogen-bond acceptors (Lipinski definition) is 3. The van der Waals surface area contributed by atoms with Crippen molar-refractivity contribution < 1.29 is 9.13 Å². The molecule has 16 heavy (non-hydrogen) atoms. The van der Waals surface area contributed by atoms with E-state index in [4.69, 9.17) is 10.5 Å². The van der Waals surface area contributed by atoms with Crippen LogP contribution in [0.3, 0.4) is 0 Å². The summed E-state index contributed by atoms with van der Waals surface area (Å²) >= 11 is 0. The minimum absolute atomic E-state index is 0.130. The number of nitrogens with zero attached hydrogens (tertiary/aromatic N) is 1. The number of nitrogen functional groups attached to an aromatic ring is 1. The lowest BCUT2D eigenvalue weighted by Crippen LogP contribution is -1.95. The summed E-state index contributed by atoms with van der Waals surface area (Å²) in [6.07, 6.45) is 1.58. The molecular weight excluding hydrogens is 207 g/mol. The molecule has 4 heteroatoms. The number of pyridine rings is 1. The van der Waals surface area contributed by atoms with Crippen molar-refractivity contribution in [3.63, 3.8) is 0 Å². The molecule has 1 aromatic heterocycles. The summed E-state index contributed by atoms with van der Waals surface area (Å²) in [7, 11) is 0. The summed E-state index contributed by atoms with van der Waals surface area (Å²) in [6.45, 7) is 1.79. The summed E-state index contributed by atoms with van der Waals surface area (Å²) in [5, 5.41) is 0. The highest BCUT2D eigenvalue weighted by Gasteiger charge is 2.07. The fourth-order valence-electron chi connectivity index (χ4n) is 1.27. The molecule has 2 aromatic rings. The summed E-state index contributed by atoms with van der Waals surface area (Å²) in [6, 6.07) is 7.99. The molecule has 0 bridgehead atoms. The van der Waals surface area contributed by atoms with Gasteiger partial charge in [-0.15, -0.1) is 0 Å². The largest absolute Gasteiger partial charge is 0.436 e. The van der Waals surface area contributed by atoms with E-state index >= 15 is 0 Å². The standard InChI is InChI=1S/C12H11FN2O/c1-8-6-11(9(13)7-10(8)14)16-12-4-2-3-5-15-12/h2-7H,14H2,1H3. The summed E-state index contributed by atoms with van der Waals surface area (Å²) < 4.78 is 18.8. The molecule has 1 aromatic carbocycles. The van der Waals surface area contributed by atoms with Crippen molar-refractivity contribution in [3.8, 4) is 11.6 Å². The number of rotatable bonds is 2. The number of aryl methyl sites for hydroxylation is 1. The van der Waals surface area contributed by atoms with Crippen LogP contribution in [0.5, 0.6) is 11.6 Å². The van der Waals surface area contributed by atoms with Gasteiger partial charge in [-0.3, -0.25) is 0 Å². The van der Waals surface area contributed by atoms with Gasteiger partial charge < -0.3 is 10.5 Å². The maximum absolute atomic E-state index is 13.5. The average molecular weight is 218 g/mol. The lowest BCUT2D eigenvalue weighted by Gasteiger charge is -2.08. The number of halogens is 1. The SMILES string of the molecule is Cc1cc(Oc2ccccn2)c(F)cc1N. The van der Waals surface area contributed by atoms with E-state index in [1.165, 1.54) is 6.07 Å². The monoisotopic (exact) mass is 218 g/mol. The molecule has 0 saturated heterocycles. The second kappa shape index (κ2) is 4.18. The van der Waals surface area contributed by atoms with E-state index in [2.05, 4.69) is 4.98 Å². The molecule has 2 rings (SSSR count). The van der Waals surface area contributed by atoms with Gasteiger partial charge in [0.2, 0.25) is 5.88 Å². The lowest BCUT2D eigenvalue weighted by atomic mass is 10.2. The topological polar surface area (TPSA) is 48.1 Å². The minimum atomic E-state index is -0.492. The number of aromatic nitrogens is 1. The summed E-state index contributed by atoms with van der Waals surface area (Å²) in [5.74, 6) is -0.00951. The molecule has 3 nitrogen and oxygen atoms in total. The molecule has 0 spiro atoms. The van der Waals surface area contributed by atoms with Gasteiger partial charge in [0.1, 0.15) is 0 Å². The number of ether oxygens (including phenoxy) is 1. The maximum atomic E-state index is 13.5. The van der Waals surface area contributed by atoms with Crippen LogP contribution in [0.25, 0.3) is 0 Å². The Bertz CT molecular complexity index is 500. The van der Waals surface area contributed by atoms with Gasteiger partial charge in [0.15, 0.2) is 11.6 Å². The van der Waals surface area contributed by atoms with Crippen LogP contribution >= 0.6 is 0 Å². The van der Waals surface area contributed by atoms with E-state index < -0.39 is 5.82 Å². The number of anilines is 1. The highest BCUT2D eigenvalue weighted by atomic mass is 19.1. The van der Waals surface area contributed by atoms with Crippen LogP contribution in [-0.2, 0) is 0 Å². The minimum Gasteiger partial charge on any atom is -0.436 e. The Morgan fingerprint density at radius 2 is 2.12 bits per heavy atom. The van der Waals surface area contributed by atoms with Crippen LogP contribution in [-0.4, -0.2) is 4.98 Å². The Balaban J connectivity index is 2.32. The van der Waals surface area contributed by atoms with E-state index in [0.29, 0.717) is 11.6 Å². The highest BCUT2D eigenvalue weighted by molar-refractivity contribution is 5.50. The van der Waals surface area contributed by atoms with Crippen molar-refractivity contribution >= 4 is 5.69 Å². The van der Waals surface area contributed by atoms with E-state index in [1.54, 1.807) is 37.4 Å². The van der Waals surface area contributed by atoms with Crippen LogP contribution in [0.15, 0.2) is 36.5 Å². The third-order valence-electron chi connectivity index (χ3n) is 2.17. The molecule has 0 fully saturated rings. The van der Waals surface area contributed by atoms with Crippen molar-refractivity contribution in [1.82, 2.24) is 4.98 Å². The van der Waals surface area contributed by atoms with Crippen molar-refractivity contribution in [2.45, 2.75) is 6.92 Å². The van der Waals surface area contributed by atoms with Gasteiger partial charge in [-0.2, -0.15) is 0 Å². The first-order chi connectivity index (χ1) is 7.66. The van der Waals surface area contributed by atoms with E-state index in [9.17, 15) is 4.39 Å². The van der Waals surface area contributed by atoms with Gasteiger partial charge in [-0.25, -0.2) is 9.37 Å². The van der Waals surface area contributed by atoms with Gasteiger partial charge in [-0.1, -0.05) is 6.07 Å². The Morgan fingerprint density at radius 3 is 2.81 bits per heavy atom. The predicted molar refractivity (Wildman–Crippen MR) is 59.9 cm³/mol. The maximum Gasteiger partial charge on any atom is 0.219 e. The Morgan fingerprint density at radius 1 is 1.31 bits per heavy atom. The third-order valence-corrected chi connectivity index (χ3v) is 2.17. The second-order valence-electron chi connectivity index (χ2n) is 3.41. The Kier molecular flexibility index (Phi) is 2.72. The van der Waals surface area contributed by atoms with Crippen LogP contribution < -0.4 is 10.5 Å². The molecule has 0 atom stereocenters. The zero-order valence-electron chi connectivity index (χ0n) is 8.77. The predicted octanol–water partition coefficient (Wildman–Crippen LogP) is 2.90. The first-order valence-electron chi connectivity index (χ1n) is 4.81. The molecular formula is C12H11FN2O. The van der Waals surface area contributed by atoms with Crippen molar-refractivity contribution in [1.29, 1.82) is 0 Å². The zero-order chi connectivity index (χ0) is 11.5. The highest BCUT2D eigenvalue weighted by Crippen LogP contribution is 2.26. The quantitative estimate of drug-likeness (QED) is 0.788. The van der Waals surface area contributed by atoms with Crippen LogP contribution in [0.4, 0.5) is 10.1 Å². The number of nitrogens with two attached hydrogens (primary N) is 1. The second-order valence-corrected chi connectivity index (χ2v) is 3.41. The Hall–Kier alpha value is -2.10. The number of benzene rings is 1. The van der Waals surface area contributed by atoms with Crippen LogP contribution in [0, 0.1) is 12.7 Å². The normalized spacial score (nSPS) is 10.1. The molecule has 82 valence electrons. The van der Waals surface area contributed by atoms with Crippen molar-refractivity contribution in [2.75, 3.05) is 5.73 Å². The Labute approximate surface area is 92.7 Å². The van der Waals surface area contributed by atoms with Gasteiger partial charge >= 0.3 is 0 Å². The van der Waals surface area contributed by atoms with Crippen molar-refractivity contribution in [2.24, 2.45) is 0 Å². The van der Waals surface area contributed by atoms with Gasteiger partial charge in [-0.05, 0) is 24.6 Å². The first-order valence-corrected chi connectivity index (χ1v) is 4.81. The van der Waals surface area contributed by atoms with Crippen LogP contribution in [0.2, 0.25) is 0 Å². The van der Waals surface area contributed by atoms with E-state index in [-0.39, 0.29) is 5.75 Å². The van der Waals surface area contributed by atoms with Gasteiger partial charge in [0.25, 0.3) is 0 Å². The van der Waals surface area contributed by atoms with Crippen LogP contribution in [0.1, 0.15) is 5.56 Å². The van der Waals surface area contributed by atoms with E-state index in [0.717, 1.165) is 5.56 Å². The fourth-order valence-corrected chi connectivity index (χ4v) is 1.27. The zero-order valence-corrected chi connectivity index (χ0v) is 8.77. The van der Waals surface area contributed by atoms with Gasteiger partial charge in [0, 0.05) is 24.0 Å². The van der Waals surface area contributed by atoms with Crippen molar-refractivity contribution in [3.05, 3.63) is 47.9 Å². The number of hydrogen-bond donors (Lipinski definition) is 1. The molecule has 0 aliphatic heterocycles. The fraction of sp³-hybridized carbons (Fsp3) is 0.0833. The summed E-state index contributed by atoms with van der Waals surface area (Å²) in [4.78, 5) is 3.95. The molecule has 0 aliphatic rings. The smallest absolute Gasteiger partial charge is 0.219 e. The molecule has 0 radical (unpaired) electrons. The molecule has 0 aliphatic carbocycles. The molecule has 0 saturated carbocycles. The molecule has 1 heterocycles. The van der Waals surface area contributed by atoms with E-state index in [1.807, 2.05) is 0 Å².